The molecule has 0 spiro atoms. The van der Waals surface area contributed by atoms with Crippen LogP contribution in [0.1, 0.15) is 50.5 Å². The van der Waals surface area contributed by atoms with Gasteiger partial charge in [-0.2, -0.15) is 0 Å². The van der Waals surface area contributed by atoms with Crippen molar-refractivity contribution in [2.45, 2.75) is 51.6 Å². The Labute approximate surface area is 115 Å². The summed E-state index contributed by atoms with van der Waals surface area (Å²) < 4.78 is 0. The van der Waals surface area contributed by atoms with E-state index in [4.69, 9.17) is 0 Å². The molecule has 0 saturated heterocycles. The van der Waals surface area contributed by atoms with Crippen LogP contribution in [-0.4, -0.2) is 11.0 Å². The van der Waals surface area contributed by atoms with Crippen LogP contribution in [0.4, 0.5) is 5.69 Å². The molecule has 0 radical (unpaired) electrons. The zero-order chi connectivity index (χ0) is 13.5. The molecule has 3 nitrogen and oxygen atoms in total. The number of nitrogens with one attached hydrogen (secondary N) is 1. The summed E-state index contributed by atoms with van der Waals surface area (Å²) in [6.45, 7) is -0.0426. The molecule has 1 amide bonds. The number of hydrogen-bond acceptors (Lipinski definition) is 2. The zero-order valence-corrected chi connectivity index (χ0v) is 11.4. The number of amides is 1. The first-order valence-corrected chi connectivity index (χ1v) is 7.28. The Kier molecular flexibility index (Phi) is 5.40. The maximum absolute atomic E-state index is 11.9. The van der Waals surface area contributed by atoms with Gasteiger partial charge in [-0.25, -0.2) is 0 Å². The molecular weight excluding hydrogens is 238 g/mol. The number of aliphatic hydroxyl groups is 1. The zero-order valence-electron chi connectivity index (χ0n) is 11.4. The molecule has 1 aliphatic rings. The van der Waals surface area contributed by atoms with Gasteiger partial charge < -0.3 is 10.4 Å². The summed E-state index contributed by atoms with van der Waals surface area (Å²) in [6, 6.07) is 7.40. The van der Waals surface area contributed by atoms with Gasteiger partial charge in [-0.3, -0.25) is 4.79 Å². The van der Waals surface area contributed by atoms with Crippen LogP contribution in [0.3, 0.4) is 0 Å². The van der Waals surface area contributed by atoms with Crippen LogP contribution in [0, 0.1) is 5.92 Å². The van der Waals surface area contributed by atoms with Crippen molar-refractivity contribution < 1.29 is 9.90 Å². The Bertz CT molecular complexity index is 411. The Balaban J connectivity index is 1.80. The lowest BCUT2D eigenvalue weighted by Crippen LogP contribution is -2.15. The molecule has 0 aromatic heterocycles. The first-order chi connectivity index (χ1) is 9.29. The highest BCUT2D eigenvalue weighted by Crippen LogP contribution is 2.27. The van der Waals surface area contributed by atoms with E-state index in [9.17, 15) is 9.90 Å². The maximum atomic E-state index is 11.9. The fourth-order valence-electron chi connectivity index (χ4n) is 2.80. The van der Waals surface area contributed by atoms with Crippen molar-refractivity contribution in [3.8, 4) is 0 Å². The fourth-order valence-corrected chi connectivity index (χ4v) is 2.80. The van der Waals surface area contributed by atoms with Crippen molar-refractivity contribution in [1.82, 2.24) is 0 Å². The second-order valence-corrected chi connectivity index (χ2v) is 5.41. The number of hydrogen-bond donors (Lipinski definition) is 2. The lowest BCUT2D eigenvalue weighted by molar-refractivity contribution is -0.116. The molecule has 104 valence electrons. The third-order valence-corrected chi connectivity index (χ3v) is 3.97. The molecule has 1 saturated carbocycles. The second kappa shape index (κ2) is 7.29. The first-order valence-electron chi connectivity index (χ1n) is 7.28. The topological polar surface area (TPSA) is 49.3 Å². The highest BCUT2D eigenvalue weighted by molar-refractivity contribution is 5.91. The van der Waals surface area contributed by atoms with E-state index in [0.29, 0.717) is 6.42 Å². The lowest BCUT2D eigenvalue weighted by Gasteiger charge is -2.21. The maximum Gasteiger partial charge on any atom is 0.224 e. The van der Waals surface area contributed by atoms with Crippen molar-refractivity contribution in [2.24, 2.45) is 5.92 Å². The Morgan fingerprint density at radius 1 is 1.21 bits per heavy atom. The van der Waals surface area contributed by atoms with Crippen LogP contribution in [-0.2, 0) is 11.4 Å². The van der Waals surface area contributed by atoms with E-state index in [-0.39, 0.29) is 12.5 Å². The third-order valence-electron chi connectivity index (χ3n) is 3.97. The summed E-state index contributed by atoms with van der Waals surface area (Å²) in [4.78, 5) is 11.9. The van der Waals surface area contributed by atoms with Crippen molar-refractivity contribution in [2.75, 3.05) is 5.32 Å². The molecule has 2 rings (SSSR count). The summed E-state index contributed by atoms with van der Waals surface area (Å²) in [6.07, 6.45) is 8.13. The van der Waals surface area contributed by atoms with Crippen LogP contribution in [0.25, 0.3) is 0 Å². The van der Waals surface area contributed by atoms with Crippen LogP contribution >= 0.6 is 0 Å². The van der Waals surface area contributed by atoms with Crippen LogP contribution in [0.15, 0.2) is 24.3 Å². The molecule has 1 fully saturated rings. The van der Waals surface area contributed by atoms with E-state index in [1.54, 1.807) is 0 Å². The summed E-state index contributed by atoms with van der Waals surface area (Å²) >= 11 is 0. The van der Waals surface area contributed by atoms with Gasteiger partial charge >= 0.3 is 0 Å². The highest BCUT2D eigenvalue weighted by Gasteiger charge is 2.15. The number of benzene rings is 1. The van der Waals surface area contributed by atoms with E-state index in [2.05, 4.69) is 5.32 Å². The average Bonchev–Trinajstić information content (AvgIpc) is 2.47. The number of rotatable bonds is 5. The summed E-state index contributed by atoms with van der Waals surface area (Å²) in [5.41, 5.74) is 1.51. The van der Waals surface area contributed by atoms with E-state index in [0.717, 1.165) is 23.6 Å². The second-order valence-electron chi connectivity index (χ2n) is 5.41. The van der Waals surface area contributed by atoms with Crippen molar-refractivity contribution >= 4 is 11.6 Å². The van der Waals surface area contributed by atoms with Crippen molar-refractivity contribution in [3.63, 3.8) is 0 Å². The summed E-state index contributed by atoms with van der Waals surface area (Å²) in [5, 5.41) is 12.1. The number of para-hydroxylation sites is 1. The van der Waals surface area contributed by atoms with E-state index >= 15 is 0 Å². The lowest BCUT2D eigenvalue weighted by atomic mass is 9.86. The van der Waals surface area contributed by atoms with E-state index < -0.39 is 0 Å². The fraction of sp³-hybridized carbons (Fsp3) is 0.562. The number of carbonyl (C=O) groups is 1. The monoisotopic (exact) mass is 261 g/mol. The van der Waals surface area contributed by atoms with Gasteiger partial charge in [0.2, 0.25) is 5.91 Å². The van der Waals surface area contributed by atoms with Gasteiger partial charge in [-0.15, -0.1) is 0 Å². The van der Waals surface area contributed by atoms with Crippen LogP contribution in [0.5, 0.6) is 0 Å². The van der Waals surface area contributed by atoms with Gasteiger partial charge in [0.15, 0.2) is 0 Å². The van der Waals surface area contributed by atoms with E-state index in [1.807, 2.05) is 24.3 Å². The van der Waals surface area contributed by atoms with Crippen LogP contribution in [0.2, 0.25) is 0 Å². The minimum Gasteiger partial charge on any atom is -0.392 e. The first kappa shape index (κ1) is 14.1. The van der Waals surface area contributed by atoms with Gasteiger partial charge in [0.1, 0.15) is 0 Å². The molecular formula is C16H23NO2. The smallest absolute Gasteiger partial charge is 0.224 e. The standard InChI is InChI=1S/C16H23NO2/c18-12-14-8-4-5-9-15(14)17-16(19)11-10-13-6-2-1-3-7-13/h4-5,8-9,13,18H,1-3,6-7,10-12H2,(H,17,19). The number of aliphatic hydroxyl groups excluding tert-OH is 1. The quantitative estimate of drug-likeness (QED) is 0.852. The molecule has 1 aromatic rings. The average molecular weight is 261 g/mol. The summed E-state index contributed by atoms with van der Waals surface area (Å²) in [5.74, 6) is 0.791. The molecule has 3 heteroatoms. The Morgan fingerprint density at radius 2 is 1.95 bits per heavy atom. The SMILES string of the molecule is O=C(CCC1CCCCC1)Nc1ccccc1CO. The molecule has 0 heterocycles. The van der Waals surface area contributed by atoms with Gasteiger partial charge in [-0.05, 0) is 18.4 Å². The van der Waals surface area contributed by atoms with Gasteiger partial charge in [0.05, 0.1) is 6.61 Å². The Morgan fingerprint density at radius 3 is 2.68 bits per heavy atom. The largest absolute Gasteiger partial charge is 0.392 e. The molecule has 2 N–H and O–H groups in total. The molecule has 1 aliphatic carbocycles. The van der Waals surface area contributed by atoms with Gasteiger partial charge in [0, 0.05) is 17.7 Å². The van der Waals surface area contributed by atoms with Gasteiger partial charge in [-0.1, -0.05) is 50.3 Å². The molecule has 1 aromatic carbocycles. The third kappa shape index (κ3) is 4.35. The normalized spacial score (nSPS) is 16.3. The number of anilines is 1. The van der Waals surface area contributed by atoms with Crippen molar-refractivity contribution in [1.29, 1.82) is 0 Å². The summed E-state index contributed by atoms with van der Waals surface area (Å²) in [7, 11) is 0. The molecule has 0 atom stereocenters. The minimum atomic E-state index is -0.0426. The predicted octanol–water partition coefficient (Wildman–Crippen LogP) is 3.48. The van der Waals surface area contributed by atoms with Crippen molar-refractivity contribution in [3.05, 3.63) is 29.8 Å². The number of carbonyl (C=O) groups excluding carboxylic acids is 1. The molecule has 0 bridgehead atoms. The van der Waals surface area contributed by atoms with E-state index in [1.165, 1.54) is 32.1 Å². The minimum absolute atomic E-state index is 0.0426. The highest BCUT2D eigenvalue weighted by atomic mass is 16.3. The Hall–Kier alpha value is -1.35. The molecule has 0 unspecified atom stereocenters. The van der Waals surface area contributed by atoms with Crippen LogP contribution < -0.4 is 5.32 Å². The predicted molar refractivity (Wildman–Crippen MR) is 76.8 cm³/mol. The molecule has 19 heavy (non-hydrogen) atoms. The molecule has 0 aliphatic heterocycles. The van der Waals surface area contributed by atoms with Gasteiger partial charge in [0.25, 0.3) is 0 Å².